The minimum atomic E-state index is 0.746. The predicted octanol–water partition coefficient (Wildman–Crippen LogP) is 3.66. The molecule has 1 aromatic heterocycles. The van der Waals surface area contributed by atoms with E-state index in [1.54, 1.807) is 16.2 Å². The Labute approximate surface area is 190 Å². The molecule has 1 aromatic carbocycles. The van der Waals surface area contributed by atoms with Crippen molar-refractivity contribution in [1.82, 2.24) is 10.3 Å². The molecule has 1 amide bonds. The lowest BCUT2D eigenvalue weighted by molar-refractivity contribution is -0.107. The lowest BCUT2D eigenvalue weighted by Gasteiger charge is -2.11. The van der Waals surface area contributed by atoms with Crippen LogP contribution >= 0.6 is 11.3 Å². The molecule has 1 heterocycles. The van der Waals surface area contributed by atoms with Gasteiger partial charge in [-0.3, -0.25) is 9.69 Å². The smallest absolute Gasteiger partial charge is 0.215 e. The molecule has 0 spiro atoms. The van der Waals surface area contributed by atoms with Crippen LogP contribution in [0.2, 0.25) is 0 Å². The second-order valence-electron chi connectivity index (χ2n) is 5.85. The number of anilines is 2. The molecule has 0 aliphatic carbocycles. The van der Waals surface area contributed by atoms with E-state index in [0.717, 1.165) is 54.7 Å². The molecule has 2 aromatic rings. The molecule has 0 fully saturated rings. The minimum absolute atomic E-state index is 0.746. The van der Waals surface area contributed by atoms with Crippen LogP contribution in [0.25, 0.3) is 0 Å². The SMILES string of the molecule is C=O.C=O.CCCN(C=O)c1nc(C)c(C)s1.CCCOc1ccc(N)cc1.CNC. The highest BCUT2D eigenvalue weighted by Crippen LogP contribution is 2.24. The number of nitrogen functional groups attached to an aromatic ring is 1. The van der Waals surface area contributed by atoms with Gasteiger partial charge in [-0.15, -0.1) is 11.3 Å². The van der Waals surface area contributed by atoms with Gasteiger partial charge in [0.2, 0.25) is 6.41 Å². The first-order valence-electron chi connectivity index (χ1n) is 9.73. The molecule has 0 radical (unpaired) electrons. The number of rotatable bonds is 7. The fourth-order valence-corrected chi connectivity index (χ4v) is 2.70. The molecule has 176 valence electrons. The summed E-state index contributed by atoms with van der Waals surface area (Å²) in [7, 11) is 3.75. The molecule has 0 saturated heterocycles. The average Bonchev–Trinajstić information content (AvgIpc) is 3.13. The first-order chi connectivity index (χ1) is 14.9. The quantitative estimate of drug-likeness (QED) is 0.485. The number of hydrogen-bond acceptors (Lipinski definition) is 8. The van der Waals surface area contributed by atoms with Gasteiger partial charge in [0.25, 0.3) is 0 Å². The van der Waals surface area contributed by atoms with Crippen molar-refractivity contribution in [2.24, 2.45) is 0 Å². The van der Waals surface area contributed by atoms with Gasteiger partial charge in [0.05, 0.1) is 12.3 Å². The Morgan fingerprint density at radius 1 is 1.10 bits per heavy atom. The van der Waals surface area contributed by atoms with Gasteiger partial charge in [-0.2, -0.15) is 0 Å². The van der Waals surface area contributed by atoms with Crippen molar-refractivity contribution < 1.29 is 19.1 Å². The normalized spacial score (nSPS) is 8.45. The first kappa shape index (κ1) is 32.9. The second kappa shape index (κ2) is 23.5. The summed E-state index contributed by atoms with van der Waals surface area (Å²) in [5.41, 5.74) is 7.29. The molecule has 0 saturated carbocycles. The number of nitrogens with two attached hydrogens (primary N) is 1. The van der Waals surface area contributed by atoms with Gasteiger partial charge in [0.15, 0.2) is 5.13 Å². The summed E-state index contributed by atoms with van der Waals surface area (Å²) in [5.74, 6) is 0.890. The third-order valence-electron chi connectivity index (χ3n) is 3.21. The molecule has 0 atom stereocenters. The minimum Gasteiger partial charge on any atom is -0.494 e. The van der Waals surface area contributed by atoms with Crippen LogP contribution in [0.1, 0.15) is 37.3 Å². The maximum absolute atomic E-state index is 10.7. The van der Waals surface area contributed by atoms with Crippen molar-refractivity contribution in [2.45, 2.75) is 40.5 Å². The van der Waals surface area contributed by atoms with E-state index >= 15 is 0 Å². The second-order valence-corrected chi connectivity index (χ2v) is 7.04. The highest BCUT2D eigenvalue weighted by atomic mass is 32.1. The fraction of sp³-hybridized carbons (Fsp3) is 0.455. The van der Waals surface area contributed by atoms with E-state index in [2.05, 4.69) is 17.2 Å². The van der Waals surface area contributed by atoms with Crippen LogP contribution in [0.4, 0.5) is 10.8 Å². The average molecular weight is 455 g/mol. The molecule has 0 bridgehead atoms. The van der Waals surface area contributed by atoms with E-state index in [4.69, 9.17) is 20.1 Å². The highest BCUT2D eigenvalue weighted by Gasteiger charge is 2.09. The van der Waals surface area contributed by atoms with E-state index in [1.165, 1.54) is 4.88 Å². The maximum atomic E-state index is 10.7. The summed E-state index contributed by atoms with van der Waals surface area (Å²) < 4.78 is 5.35. The van der Waals surface area contributed by atoms with E-state index in [-0.39, 0.29) is 0 Å². The number of nitrogens with one attached hydrogen (secondary N) is 1. The van der Waals surface area contributed by atoms with Crippen LogP contribution in [0.5, 0.6) is 5.75 Å². The third-order valence-corrected chi connectivity index (χ3v) is 4.32. The molecular weight excluding hydrogens is 416 g/mol. The van der Waals surface area contributed by atoms with Gasteiger partial charge < -0.3 is 25.4 Å². The molecule has 8 nitrogen and oxygen atoms in total. The van der Waals surface area contributed by atoms with E-state index in [1.807, 2.05) is 72.7 Å². The monoisotopic (exact) mass is 454 g/mol. The van der Waals surface area contributed by atoms with E-state index in [0.29, 0.717) is 0 Å². The number of aromatic nitrogens is 1. The van der Waals surface area contributed by atoms with Gasteiger partial charge in [-0.1, -0.05) is 13.8 Å². The van der Waals surface area contributed by atoms with Crippen LogP contribution in [0, 0.1) is 13.8 Å². The molecule has 2 rings (SSSR count). The number of carbonyl (C=O) groups excluding carboxylic acids is 3. The summed E-state index contributed by atoms with van der Waals surface area (Å²) in [6.45, 7) is 13.6. The number of hydrogen-bond donors (Lipinski definition) is 2. The molecule has 3 N–H and O–H groups in total. The van der Waals surface area contributed by atoms with Crippen LogP contribution in [0.15, 0.2) is 24.3 Å². The van der Waals surface area contributed by atoms with Crippen molar-refractivity contribution >= 4 is 42.1 Å². The summed E-state index contributed by atoms with van der Waals surface area (Å²) in [6, 6.07) is 7.44. The number of amides is 1. The number of ether oxygens (including phenoxy) is 1. The van der Waals surface area contributed by atoms with E-state index in [9.17, 15) is 4.79 Å². The van der Waals surface area contributed by atoms with Gasteiger partial charge in [0, 0.05) is 17.1 Å². The zero-order chi connectivity index (χ0) is 24.7. The Morgan fingerprint density at radius 3 is 1.97 bits per heavy atom. The Morgan fingerprint density at radius 2 is 1.61 bits per heavy atom. The van der Waals surface area contributed by atoms with Gasteiger partial charge in [-0.25, -0.2) is 4.98 Å². The first-order valence-corrected chi connectivity index (χ1v) is 10.6. The number of aryl methyl sites for hydroxylation is 2. The van der Waals surface area contributed by atoms with Crippen LogP contribution in [-0.4, -0.2) is 52.2 Å². The van der Waals surface area contributed by atoms with Gasteiger partial charge in [0.1, 0.15) is 19.3 Å². The molecule has 0 aliphatic rings. The van der Waals surface area contributed by atoms with Crippen molar-refractivity contribution in [2.75, 3.05) is 37.9 Å². The Kier molecular flexibility index (Phi) is 24.9. The lowest BCUT2D eigenvalue weighted by Crippen LogP contribution is -2.21. The summed E-state index contributed by atoms with van der Waals surface area (Å²) >= 11 is 1.57. The lowest BCUT2D eigenvalue weighted by atomic mass is 10.3. The summed E-state index contributed by atoms with van der Waals surface area (Å²) in [5, 5.41) is 3.56. The zero-order valence-corrected chi connectivity index (χ0v) is 20.5. The summed E-state index contributed by atoms with van der Waals surface area (Å²) in [6.07, 6.45) is 2.84. The molecule has 0 unspecified atom stereocenters. The number of carbonyl (C=O) groups is 3. The molecule has 0 aliphatic heterocycles. The van der Waals surface area contributed by atoms with Crippen molar-refractivity contribution in [1.29, 1.82) is 0 Å². The van der Waals surface area contributed by atoms with Gasteiger partial charge in [-0.05, 0) is 65.0 Å². The Hall–Kier alpha value is -2.78. The van der Waals surface area contributed by atoms with Crippen LogP contribution in [-0.2, 0) is 14.4 Å². The topological polar surface area (TPSA) is 115 Å². The number of benzene rings is 1. The Balaban J connectivity index is -0.000000396. The fourth-order valence-electron chi connectivity index (χ4n) is 1.80. The highest BCUT2D eigenvalue weighted by molar-refractivity contribution is 7.15. The van der Waals surface area contributed by atoms with Crippen molar-refractivity contribution in [3.63, 3.8) is 0 Å². The van der Waals surface area contributed by atoms with Gasteiger partial charge >= 0.3 is 0 Å². The maximum Gasteiger partial charge on any atom is 0.215 e. The molecule has 31 heavy (non-hydrogen) atoms. The standard InChI is InChI=1S/C9H14N2OS.C9H13NO.C2H7N.2CH2O/c1-4-5-11(6-12)9-10-7(2)8(3)13-9;1-2-7-11-9-5-3-8(10)4-6-9;1-3-2;2*1-2/h6H,4-5H2,1-3H3;3-6H,2,7,10H2,1H3;3H,1-2H3;2*1H2. The third kappa shape index (κ3) is 16.7. The Bertz CT molecular complexity index is 645. The molecule has 9 heteroatoms. The number of thiazole rings is 1. The van der Waals surface area contributed by atoms with Crippen molar-refractivity contribution in [3.05, 3.63) is 34.8 Å². The predicted molar refractivity (Wildman–Crippen MR) is 131 cm³/mol. The molecular formula is C22H38N4O4S. The van der Waals surface area contributed by atoms with Crippen molar-refractivity contribution in [3.8, 4) is 5.75 Å². The zero-order valence-electron chi connectivity index (χ0n) is 19.6. The van der Waals surface area contributed by atoms with E-state index < -0.39 is 0 Å². The summed E-state index contributed by atoms with van der Waals surface area (Å²) in [4.78, 5) is 33.9. The largest absolute Gasteiger partial charge is 0.494 e. The van der Waals surface area contributed by atoms with Crippen LogP contribution in [0.3, 0.4) is 0 Å². The number of nitrogens with zero attached hydrogens (tertiary/aromatic N) is 2. The van der Waals surface area contributed by atoms with Crippen LogP contribution < -0.4 is 20.7 Å².